The molecule has 0 aromatic heterocycles. The average Bonchev–Trinajstić information content (AvgIpc) is 2.86. The molecule has 1 aliphatic heterocycles. The number of amidine groups is 1. The Morgan fingerprint density at radius 3 is 2.57 bits per heavy atom. The van der Waals surface area contributed by atoms with Gasteiger partial charge in [-0.25, -0.2) is 0 Å². The van der Waals surface area contributed by atoms with E-state index in [9.17, 15) is 22.8 Å². The minimum Gasteiger partial charge on any atom is -0.326 e. The highest BCUT2D eigenvalue weighted by Gasteiger charge is 2.34. The lowest BCUT2D eigenvalue weighted by molar-refractivity contribution is -0.137. The zero-order chi connectivity index (χ0) is 21.7. The number of thioether (sulfide) groups is 1. The second-order valence-electron chi connectivity index (χ2n) is 7.03. The standard InChI is InChI=1S/C19H20ClF3N4O2S/c20-14-8-7-12(9-13(14)19(21,22)23)24-16(28)10-15-17(29)25-18(30-15)27-26-11-5-3-1-2-4-6-11/h7-9,15H,1-6,10H2,(H,24,28)(H,25,27,29). The highest BCUT2D eigenvalue weighted by Crippen LogP contribution is 2.36. The monoisotopic (exact) mass is 460 g/mol. The second-order valence-corrected chi connectivity index (χ2v) is 8.62. The van der Waals surface area contributed by atoms with Crippen molar-refractivity contribution in [1.29, 1.82) is 0 Å². The molecule has 2 amide bonds. The Kier molecular flexibility index (Phi) is 7.41. The summed E-state index contributed by atoms with van der Waals surface area (Å²) in [5.74, 6) is -0.975. The maximum absolute atomic E-state index is 12.9. The van der Waals surface area contributed by atoms with Gasteiger partial charge >= 0.3 is 6.18 Å². The number of anilines is 1. The second kappa shape index (κ2) is 9.82. The van der Waals surface area contributed by atoms with Crippen LogP contribution in [0.1, 0.15) is 50.5 Å². The minimum atomic E-state index is -4.64. The van der Waals surface area contributed by atoms with Crippen LogP contribution in [0.4, 0.5) is 18.9 Å². The number of amides is 2. The Morgan fingerprint density at radius 2 is 1.90 bits per heavy atom. The molecule has 0 spiro atoms. The van der Waals surface area contributed by atoms with E-state index in [1.54, 1.807) is 0 Å². The molecule has 2 N–H and O–H groups in total. The molecular weight excluding hydrogens is 441 g/mol. The third kappa shape index (κ3) is 6.21. The van der Waals surface area contributed by atoms with E-state index in [0.717, 1.165) is 55.3 Å². The Morgan fingerprint density at radius 1 is 1.20 bits per heavy atom. The number of carbonyl (C=O) groups is 2. The van der Waals surface area contributed by atoms with Gasteiger partial charge in [0.15, 0.2) is 5.17 Å². The molecule has 11 heteroatoms. The minimum absolute atomic E-state index is 0.0474. The van der Waals surface area contributed by atoms with Crippen molar-refractivity contribution >= 4 is 51.7 Å². The molecule has 0 bridgehead atoms. The van der Waals surface area contributed by atoms with E-state index in [2.05, 4.69) is 20.8 Å². The van der Waals surface area contributed by atoms with E-state index in [4.69, 9.17) is 11.6 Å². The molecular formula is C19H20ClF3N4O2S. The van der Waals surface area contributed by atoms with Crippen LogP contribution in [0.2, 0.25) is 5.02 Å². The lowest BCUT2D eigenvalue weighted by Gasteiger charge is -2.12. The van der Waals surface area contributed by atoms with E-state index in [0.29, 0.717) is 5.17 Å². The number of rotatable bonds is 4. The van der Waals surface area contributed by atoms with Crippen LogP contribution in [-0.2, 0) is 15.8 Å². The van der Waals surface area contributed by atoms with Crippen molar-refractivity contribution in [3.05, 3.63) is 28.8 Å². The van der Waals surface area contributed by atoms with Gasteiger partial charge in [-0.05, 0) is 43.9 Å². The van der Waals surface area contributed by atoms with E-state index in [1.807, 2.05) is 0 Å². The molecule has 1 aliphatic carbocycles. The summed E-state index contributed by atoms with van der Waals surface area (Å²) < 4.78 is 38.8. The van der Waals surface area contributed by atoms with Gasteiger partial charge in [-0.15, -0.1) is 5.10 Å². The number of hydrogen-bond acceptors (Lipinski definition) is 5. The first kappa shape index (κ1) is 22.6. The van der Waals surface area contributed by atoms with E-state index >= 15 is 0 Å². The van der Waals surface area contributed by atoms with Gasteiger partial charge in [0.1, 0.15) is 5.25 Å². The Bertz CT molecular complexity index is 879. The topological polar surface area (TPSA) is 82.9 Å². The number of carbonyl (C=O) groups excluding carboxylic acids is 2. The number of alkyl halides is 3. The maximum Gasteiger partial charge on any atom is 0.417 e. The van der Waals surface area contributed by atoms with Crippen molar-refractivity contribution in [2.24, 2.45) is 10.2 Å². The summed E-state index contributed by atoms with van der Waals surface area (Å²) in [4.78, 5) is 24.3. The smallest absolute Gasteiger partial charge is 0.326 e. The van der Waals surface area contributed by atoms with Crippen molar-refractivity contribution in [3.63, 3.8) is 0 Å². The summed E-state index contributed by atoms with van der Waals surface area (Å²) in [6, 6.07) is 3.10. The lowest BCUT2D eigenvalue weighted by atomic mass is 10.2. The summed E-state index contributed by atoms with van der Waals surface area (Å²) in [7, 11) is 0. The summed E-state index contributed by atoms with van der Waals surface area (Å²) in [5.41, 5.74) is -0.0879. The number of nitrogens with zero attached hydrogens (tertiary/aromatic N) is 2. The molecule has 1 heterocycles. The molecule has 2 aliphatic rings. The van der Waals surface area contributed by atoms with Gasteiger partial charge in [0.25, 0.3) is 0 Å². The molecule has 162 valence electrons. The third-order valence-corrected chi connectivity index (χ3v) is 6.07. The van der Waals surface area contributed by atoms with Gasteiger partial charge in [-0.1, -0.05) is 36.2 Å². The van der Waals surface area contributed by atoms with Crippen LogP contribution in [0.3, 0.4) is 0 Å². The summed E-state index contributed by atoms with van der Waals surface area (Å²) in [6.07, 6.45) is 1.44. The zero-order valence-corrected chi connectivity index (χ0v) is 17.5. The molecule has 1 saturated heterocycles. The molecule has 1 atom stereocenters. The Balaban J connectivity index is 1.59. The number of nitrogens with one attached hydrogen (secondary N) is 2. The Hall–Kier alpha value is -2.07. The molecule has 6 nitrogen and oxygen atoms in total. The third-order valence-electron chi connectivity index (χ3n) is 4.67. The van der Waals surface area contributed by atoms with Crippen molar-refractivity contribution in [2.75, 3.05) is 5.32 Å². The number of hydrogen-bond donors (Lipinski definition) is 2. The fourth-order valence-electron chi connectivity index (χ4n) is 3.14. The molecule has 3 rings (SSSR count). The zero-order valence-electron chi connectivity index (χ0n) is 15.9. The molecule has 2 fully saturated rings. The SMILES string of the molecule is O=C(CC1S/C(=N\N=C2CCCCCC2)NC1=O)Nc1ccc(Cl)c(C(F)(F)F)c1. The van der Waals surface area contributed by atoms with Gasteiger partial charge in [-0.3, -0.25) is 9.59 Å². The summed E-state index contributed by atoms with van der Waals surface area (Å²) in [5, 5.41) is 12.4. The van der Waals surface area contributed by atoms with Gasteiger partial charge in [0.05, 0.1) is 10.6 Å². The van der Waals surface area contributed by atoms with Crippen LogP contribution in [-0.4, -0.2) is 27.9 Å². The number of benzene rings is 1. The molecule has 1 aromatic carbocycles. The molecule has 0 radical (unpaired) electrons. The van der Waals surface area contributed by atoms with Crippen LogP contribution in [0.15, 0.2) is 28.4 Å². The molecule has 1 unspecified atom stereocenters. The summed E-state index contributed by atoms with van der Waals surface area (Å²) >= 11 is 6.65. The first-order chi connectivity index (χ1) is 14.2. The fourth-order valence-corrected chi connectivity index (χ4v) is 4.28. The fraction of sp³-hybridized carbons (Fsp3) is 0.474. The predicted octanol–water partition coefficient (Wildman–Crippen LogP) is 4.99. The summed E-state index contributed by atoms with van der Waals surface area (Å²) in [6.45, 7) is 0. The van der Waals surface area contributed by atoms with Crippen LogP contribution in [0.5, 0.6) is 0 Å². The first-order valence-electron chi connectivity index (χ1n) is 9.50. The van der Waals surface area contributed by atoms with Crippen LogP contribution < -0.4 is 10.6 Å². The van der Waals surface area contributed by atoms with E-state index < -0.39 is 27.9 Å². The predicted molar refractivity (Wildman–Crippen MR) is 112 cm³/mol. The molecule has 1 saturated carbocycles. The van der Waals surface area contributed by atoms with Crippen LogP contribution >= 0.6 is 23.4 Å². The quantitative estimate of drug-likeness (QED) is 0.490. The molecule has 30 heavy (non-hydrogen) atoms. The normalized spacial score (nSPS) is 21.3. The van der Waals surface area contributed by atoms with Crippen molar-refractivity contribution < 1.29 is 22.8 Å². The Labute approximate surface area is 180 Å². The highest BCUT2D eigenvalue weighted by molar-refractivity contribution is 8.15. The van der Waals surface area contributed by atoms with Gasteiger partial charge in [0, 0.05) is 17.8 Å². The van der Waals surface area contributed by atoms with Gasteiger partial charge in [0.2, 0.25) is 11.8 Å². The number of halogens is 4. The van der Waals surface area contributed by atoms with E-state index in [-0.39, 0.29) is 18.0 Å². The lowest BCUT2D eigenvalue weighted by Crippen LogP contribution is -2.28. The highest BCUT2D eigenvalue weighted by atomic mass is 35.5. The van der Waals surface area contributed by atoms with Gasteiger partial charge < -0.3 is 10.6 Å². The average molecular weight is 461 g/mol. The van der Waals surface area contributed by atoms with E-state index in [1.165, 1.54) is 18.9 Å². The van der Waals surface area contributed by atoms with Crippen molar-refractivity contribution in [3.8, 4) is 0 Å². The first-order valence-corrected chi connectivity index (χ1v) is 10.8. The largest absolute Gasteiger partial charge is 0.417 e. The van der Waals surface area contributed by atoms with Gasteiger partial charge in [-0.2, -0.15) is 18.3 Å². The van der Waals surface area contributed by atoms with Crippen LogP contribution in [0.25, 0.3) is 0 Å². The van der Waals surface area contributed by atoms with Crippen molar-refractivity contribution in [1.82, 2.24) is 5.32 Å². The van der Waals surface area contributed by atoms with Crippen LogP contribution in [0, 0.1) is 0 Å². The maximum atomic E-state index is 12.9. The molecule has 1 aromatic rings. The van der Waals surface area contributed by atoms with Crippen molar-refractivity contribution in [2.45, 2.75) is 56.4 Å².